The van der Waals surface area contributed by atoms with Gasteiger partial charge in [0.05, 0.1) is 16.9 Å². The van der Waals surface area contributed by atoms with E-state index in [0.717, 1.165) is 33.6 Å². The zero-order valence-corrected chi connectivity index (χ0v) is 15.1. The lowest BCUT2D eigenvalue weighted by molar-refractivity contribution is 0.0739. The van der Waals surface area contributed by atoms with E-state index >= 15 is 0 Å². The van der Waals surface area contributed by atoms with Gasteiger partial charge < -0.3 is 9.64 Å². The predicted molar refractivity (Wildman–Crippen MR) is 98.2 cm³/mol. The van der Waals surface area contributed by atoms with Gasteiger partial charge in [-0.1, -0.05) is 24.3 Å². The Kier molecular flexibility index (Phi) is 4.13. The molecule has 6 heteroatoms. The van der Waals surface area contributed by atoms with Crippen molar-refractivity contribution in [3.63, 3.8) is 0 Å². The Morgan fingerprint density at radius 2 is 2.08 bits per heavy atom. The van der Waals surface area contributed by atoms with Gasteiger partial charge in [-0.3, -0.25) is 4.79 Å². The third-order valence-corrected chi connectivity index (χ3v) is 5.77. The number of aromatic nitrogens is 2. The molecule has 0 atom stereocenters. The number of ether oxygens (including phenoxy) is 1. The molecule has 25 heavy (non-hydrogen) atoms. The summed E-state index contributed by atoms with van der Waals surface area (Å²) in [6.07, 6.45) is 2.39. The first-order chi connectivity index (χ1) is 12.2. The molecule has 1 aliphatic rings. The molecule has 0 fully saturated rings. The van der Waals surface area contributed by atoms with Crippen molar-refractivity contribution in [1.29, 1.82) is 0 Å². The van der Waals surface area contributed by atoms with Gasteiger partial charge in [0.1, 0.15) is 11.2 Å². The number of nitrogens with zero attached hydrogens (tertiary/aromatic N) is 3. The summed E-state index contributed by atoms with van der Waals surface area (Å²) in [7, 11) is 0. The number of hydrogen-bond acceptors (Lipinski definition) is 5. The summed E-state index contributed by atoms with van der Waals surface area (Å²) >= 11 is 1.42. The Hall–Kier alpha value is -2.47. The SMILES string of the molecule is CCOc1ncnc2sc(C(=O)N3CCc4ccccc4C3)c(C)c12. The number of rotatable bonds is 3. The van der Waals surface area contributed by atoms with E-state index in [2.05, 4.69) is 28.2 Å². The molecule has 0 aliphatic carbocycles. The second kappa shape index (κ2) is 6.44. The summed E-state index contributed by atoms with van der Waals surface area (Å²) in [6, 6.07) is 8.33. The molecule has 4 rings (SSSR count). The number of carbonyl (C=O) groups is 1. The van der Waals surface area contributed by atoms with Gasteiger partial charge in [0, 0.05) is 13.1 Å². The van der Waals surface area contributed by atoms with E-state index < -0.39 is 0 Å². The van der Waals surface area contributed by atoms with Gasteiger partial charge in [0.25, 0.3) is 5.91 Å². The lowest BCUT2D eigenvalue weighted by Crippen LogP contribution is -2.35. The van der Waals surface area contributed by atoms with Gasteiger partial charge in [-0.2, -0.15) is 0 Å². The van der Waals surface area contributed by atoms with Crippen LogP contribution >= 0.6 is 11.3 Å². The van der Waals surface area contributed by atoms with E-state index in [1.165, 1.54) is 28.8 Å². The average molecular weight is 353 g/mol. The largest absolute Gasteiger partial charge is 0.477 e. The normalized spacial score (nSPS) is 13.8. The standard InChI is InChI=1S/C19H19N3O2S/c1-3-24-17-15-12(2)16(25-18(15)21-11-20-17)19(23)22-9-8-13-6-4-5-7-14(13)10-22/h4-7,11H,3,8-10H2,1-2H3. The van der Waals surface area contributed by atoms with Gasteiger partial charge in [-0.05, 0) is 37.0 Å². The van der Waals surface area contributed by atoms with Crippen molar-refractivity contribution < 1.29 is 9.53 Å². The second-order valence-corrected chi connectivity index (χ2v) is 7.09. The Bertz CT molecular complexity index is 951. The van der Waals surface area contributed by atoms with Crippen molar-refractivity contribution in [3.8, 4) is 5.88 Å². The molecule has 128 valence electrons. The molecule has 1 aliphatic heterocycles. The minimum atomic E-state index is 0.0671. The van der Waals surface area contributed by atoms with Crippen molar-refractivity contribution in [2.45, 2.75) is 26.8 Å². The molecule has 3 aromatic rings. The molecule has 0 spiro atoms. The fourth-order valence-electron chi connectivity index (χ4n) is 3.30. The fourth-order valence-corrected chi connectivity index (χ4v) is 4.41. The molecule has 0 unspecified atom stereocenters. The molecule has 0 saturated carbocycles. The number of benzene rings is 1. The van der Waals surface area contributed by atoms with Gasteiger partial charge in [-0.15, -0.1) is 11.3 Å². The highest BCUT2D eigenvalue weighted by atomic mass is 32.1. The lowest BCUT2D eigenvalue weighted by atomic mass is 9.99. The molecular formula is C19H19N3O2S. The van der Waals surface area contributed by atoms with Crippen LogP contribution in [0.2, 0.25) is 0 Å². The summed E-state index contributed by atoms with van der Waals surface area (Å²) in [5, 5.41) is 0.857. The molecule has 0 N–H and O–H groups in total. The highest BCUT2D eigenvalue weighted by molar-refractivity contribution is 7.20. The summed E-state index contributed by atoms with van der Waals surface area (Å²) in [5.74, 6) is 0.627. The van der Waals surface area contributed by atoms with E-state index in [4.69, 9.17) is 4.74 Å². The Morgan fingerprint density at radius 1 is 1.28 bits per heavy atom. The summed E-state index contributed by atoms with van der Waals surface area (Å²) in [5.41, 5.74) is 3.48. The van der Waals surface area contributed by atoms with E-state index in [0.29, 0.717) is 19.0 Å². The number of thiophene rings is 1. The minimum Gasteiger partial charge on any atom is -0.477 e. The van der Waals surface area contributed by atoms with Crippen molar-refractivity contribution in [2.75, 3.05) is 13.2 Å². The van der Waals surface area contributed by atoms with Gasteiger partial charge in [-0.25, -0.2) is 9.97 Å². The van der Waals surface area contributed by atoms with Crippen LogP contribution in [0.3, 0.4) is 0 Å². The second-order valence-electron chi connectivity index (χ2n) is 6.09. The zero-order valence-electron chi connectivity index (χ0n) is 14.3. The minimum absolute atomic E-state index is 0.0671. The number of fused-ring (bicyclic) bond motifs is 2. The fraction of sp³-hybridized carbons (Fsp3) is 0.316. The number of carbonyl (C=O) groups excluding carboxylic acids is 1. The molecule has 2 aromatic heterocycles. The molecule has 0 bridgehead atoms. The lowest BCUT2D eigenvalue weighted by Gasteiger charge is -2.28. The monoisotopic (exact) mass is 353 g/mol. The molecule has 1 amide bonds. The summed E-state index contributed by atoms with van der Waals surface area (Å²) < 4.78 is 5.62. The van der Waals surface area contributed by atoms with E-state index in [1.807, 2.05) is 24.8 Å². The molecule has 0 saturated heterocycles. The highest BCUT2D eigenvalue weighted by Crippen LogP contribution is 2.35. The van der Waals surface area contributed by atoms with Crippen molar-refractivity contribution in [3.05, 3.63) is 52.2 Å². The Morgan fingerprint density at radius 3 is 2.88 bits per heavy atom. The third kappa shape index (κ3) is 2.76. The first kappa shape index (κ1) is 16.0. The van der Waals surface area contributed by atoms with Crippen LogP contribution in [0.25, 0.3) is 10.2 Å². The van der Waals surface area contributed by atoms with Crippen LogP contribution in [0, 0.1) is 6.92 Å². The average Bonchev–Trinajstić information content (AvgIpc) is 2.99. The molecular weight excluding hydrogens is 334 g/mol. The first-order valence-electron chi connectivity index (χ1n) is 8.42. The van der Waals surface area contributed by atoms with Gasteiger partial charge in [0.15, 0.2) is 0 Å². The number of hydrogen-bond donors (Lipinski definition) is 0. The quantitative estimate of drug-likeness (QED) is 0.722. The Balaban J connectivity index is 1.69. The van der Waals surface area contributed by atoms with E-state index in [1.54, 1.807) is 0 Å². The van der Waals surface area contributed by atoms with E-state index in [9.17, 15) is 4.79 Å². The van der Waals surface area contributed by atoms with Crippen molar-refractivity contribution in [1.82, 2.24) is 14.9 Å². The predicted octanol–water partition coefficient (Wildman–Crippen LogP) is 3.60. The van der Waals surface area contributed by atoms with Crippen LogP contribution in [0.1, 0.15) is 33.3 Å². The highest BCUT2D eigenvalue weighted by Gasteiger charge is 2.26. The summed E-state index contributed by atoms with van der Waals surface area (Å²) in [6.45, 7) is 5.82. The maximum absolute atomic E-state index is 13.1. The van der Waals surface area contributed by atoms with Crippen molar-refractivity contribution in [2.24, 2.45) is 0 Å². The van der Waals surface area contributed by atoms with Crippen LogP contribution in [0.4, 0.5) is 0 Å². The Labute approximate surface area is 150 Å². The first-order valence-corrected chi connectivity index (χ1v) is 9.23. The van der Waals surface area contributed by atoms with Crippen LogP contribution in [-0.2, 0) is 13.0 Å². The van der Waals surface area contributed by atoms with Gasteiger partial charge >= 0.3 is 0 Å². The topological polar surface area (TPSA) is 55.3 Å². The van der Waals surface area contributed by atoms with Crippen LogP contribution in [0.5, 0.6) is 5.88 Å². The molecule has 0 radical (unpaired) electrons. The van der Waals surface area contributed by atoms with Gasteiger partial charge in [0.2, 0.25) is 5.88 Å². The maximum atomic E-state index is 13.1. The van der Waals surface area contributed by atoms with Crippen LogP contribution in [0.15, 0.2) is 30.6 Å². The molecule has 3 heterocycles. The smallest absolute Gasteiger partial charge is 0.264 e. The van der Waals surface area contributed by atoms with Crippen LogP contribution < -0.4 is 4.74 Å². The summed E-state index contributed by atoms with van der Waals surface area (Å²) in [4.78, 5) is 25.1. The van der Waals surface area contributed by atoms with Crippen LogP contribution in [-0.4, -0.2) is 33.9 Å². The molecule has 5 nitrogen and oxygen atoms in total. The number of aryl methyl sites for hydroxylation is 1. The number of amides is 1. The maximum Gasteiger partial charge on any atom is 0.264 e. The van der Waals surface area contributed by atoms with Crippen molar-refractivity contribution >= 4 is 27.5 Å². The third-order valence-electron chi connectivity index (χ3n) is 4.59. The zero-order chi connectivity index (χ0) is 17.4. The molecule has 1 aromatic carbocycles. The van der Waals surface area contributed by atoms with E-state index in [-0.39, 0.29) is 5.91 Å².